The maximum atomic E-state index is 10.9. The first-order valence-electron chi connectivity index (χ1n) is 5.11. The van der Waals surface area contributed by atoms with Crippen LogP contribution in [-0.2, 0) is 11.2 Å². The maximum absolute atomic E-state index is 10.9. The number of H-pyrrole nitrogens is 1. The summed E-state index contributed by atoms with van der Waals surface area (Å²) in [5.41, 5.74) is 2.49. The third kappa shape index (κ3) is 2.50. The first-order chi connectivity index (χ1) is 7.79. The van der Waals surface area contributed by atoms with Gasteiger partial charge in [0.05, 0.1) is 12.2 Å². The number of aromatic amines is 1. The van der Waals surface area contributed by atoms with E-state index in [1.54, 1.807) is 13.2 Å². The molecule has 0 fully saturated rings. The summed E-state index contributed by atoms with van der Waals surface area (Å²) in [4.78, 5) is 13.6. The van der Waals surface area contributed by atoms with Gasteiger partial charge < -0.3 is 9.15 Å². The zero-order chi connectivity index (χ0) is 11.4. The summed E-state index contributed by atoms with van der Waals surface area (Å²) >= 11 is 0. The Balaban J connectivity index is 2.04. The third-order valence-corrected chi connectivity index (χ3v) is 2.32. The Labute approximate surface area is 92.4 Å². The molecule has 0 saturated carbocycles. The Kier molecular flexibility index (Phi) is 3.38. The quantitative estimate of drug-likeness (QED) is 0.581. The molecule has 1 aromatic carbocycles. The predicted molar refractivity (Wildman–Crippen MR) is 60.4 cm³/mol. The highest BCUT2D eigenvalue weighted by Gasteiger charge is 2.01. The van der Waals surface area contributed by atoms with Crippen LogP contribution in [0.5, 0.6) is 0 Å². The van der Waals surface area contributed by atoms with Crippen LogP contribution in [0.3, 0.4) is 0 Å². The van der Waals surface area contributed by atoms with Gasteiger partial charge in [-0.25, -0.2) is 4.79 Å². The minimum Gasteiger partial charge on any atom is -0.408 e. The van der Waals surface area contributed by atoms with Gasteiger partial charge in [-0.1, -0.05) is 6.07 Å². The van der Waals surface area contributed by atoms with E-state index < -0.39 is 5.76 Å². The molecular formula is C11H14N2O3. The molecule has 0 aliphatic heterocycles. The Hall–Kier alpha value is -1.59. The molecule has 2 aromatic rings. The predicted octanol–water partition coefficient (Wildman–Crippen LogP) is 0.857. The van der Waals surface area contributed by atoms with Crippen molar-refractivity contribution < 1.29 is 9.15 Å². The van der Waals surface area contributed by atoms with Crippen molar-refractivity contribution in [3.05, 3.63) is 34.3 Å². The smallest absolute Gasteiger partial charge is 0.408 e. The fraction of sp³-hybridized carbons (Fsp3) is 0.364. The number of methoxy groups -OCH3 is 1. The lowest BCUT2D eigenvalue weighted by Gasteiger charge is -2.03. The first kappa shape index (κ1) is 10.9. The molecule has 16 heavy (non-hydrogen) atoms. The van der Waals surface area contributed by atoms with Crippen molar-refractivity contribution >= 4 is 11.1 Å². The molecule has 0 amide bonds. The third-order valence-electron chi connectivity index (χ3n) is 2.32. The molecule has 5 nitrogen and oxygen atoms in total. The number of hydrogen-bond donors (Lipinski definition) is 2. The van der Waals surface area contributed by atoms with Crippen LogP contribution in [0.15, 0.2) is 27.4 Å². The molecule has 0 radical (unpaired) electrons. The maximum Gasteiger partial charge on any atom is 0.417 e. The summed E-state index contributed by atoms with van der Waals surface area (Å²) in [5, 5.41) is 3.12. The number of ether oxygens (including phenoxy) is 1. The molecule has 0 spiro atoms. The summed E-state index contributed by atoms with van der Waals surface area (Å²) in [5.74, 6) is -0.412. The SMILES string of the molecule is COCNCCc1ccc2oc(=O)[nH]c2c1. The molecular weight excluding hydrogens is 208 g/mol. The van der Waals surface area contributed by atoms with Gasteiger partial charge in [-0.3, -0.25) is 10.3 Å². The van der Waals surface area contributed by atoms with Crippen molar-refractivity contribution in [2.75, 3.05) is 20.4 Å². The molecule has 0 saturated heterocycles. The van der Waals surface area contributed by atoms with E-state index in [0.29, 0.717) is 12.3 Å². The minimum absolute atomic E-state index is 0.412. The van der Waals surface area contributed by atoms with E-state index in [9.17, 15) is 4.79 Å². The Bertz CT molecular complexity index is 515. The topological polar surface area (TPSA) is 67.3 Å². The molecule has 1 heterocycles. The molecule has 0 unspecified atom stereocenters. The molecule has 0 aliphatic rings. The van der Waals surface area contributed by atoms with Crippen LogP contribution in [0.25, 0.3) is 11.1 Å². The van der Waals surface area contributed by atoms with E-state index in [1.807, 2.05) is 12.1 Å². The summed E-state index contributed by atoms with van der Waals surface area (Å²) in [7, 11) is 1.65. The molecule has 2 rings (SSSR count). The second kappa shape index (κ2) is 4.96. The van der Waals surface area contributed by atoms with E-state index in [4.69, 9.17) is 9.15 Å². The van der Waals surface area contributed by atoms with E-state index >= 15 is 0 Å². The van der Waals surface area contributed by atoms with Crippen molar-refractivity contribution in [1.29, 1.82) is 0 Å². The normalized spacial score (nSPS) is 11.1. The molecule has 0 atom stereocenters. The van der Waals surface area contributed by atoms with Crippen LogP contribution in [0.2, 0.25) is 0 Å². The lowest BCUT2D eigenvalue weighted by atomic mass is 10.1. The first-order valence-corrected chi connectivity index (χ1v) is 5.11. The van der Waals surface area contributed by atoms with Crippen LogP contribution in [0, 0.1) is 0 Å². The fourth-order valence-corrected chi connectivity index (χ4v) is 1.56. The number of rotatable bonds is 5. The van der Waals surface area contributed by atoms with Crippen molar-refractivity contribution in [3.8, 4) is 0 Å². The summed E-state index contributed by atoms with van der Waals surface area (Å²) < 4.78 is 9.80. The highest BCUT2D eigenvalue weighted by atomic mass is 16.5. The number of fused-ring (bicyclic) bond motifs is 1. The van der Waals surface area contributed by atoms with E-state index in [1.165, 1.54) is 0 Å². The van der Waals surface area contributed by atoms with Gasteiger partial charge >= 0.3 is 5.76 Å². The van der Waals surface area contributed by atoms with Crippen LogP contribution < -0.4 is 11.1 Å². The molecule has 0 bridgehead atoms. The summed E-state index contributed by atoms with van der Waals surface area (Å²) in [6.45, 7) is 1.38. The number of hydrogen-bond acceptors (Lipinski definition) is 4. The van der Waals surface area contributed by atoms with E-state index in [0.717, 1.165) is 24.0 Å². The Morgan fingerprint density at radius 2 is 2.38 bits per heavy atom. The molecule has 5 heteroatoms. The monoisotopic (exact) mass is 222 g/mol. The van der Waals surface area contributed by atoms with Crippen LogP contribution in [0.1, 0.15) is 5.56 Å². The van der Waals surface area contributed by atoms with Gasteiger partial charge in [0, 0.05) is 13.7 Å². The van der Waals surface area contributed by atoms with Crippen molar-refractivity contribution in [2.24, 2.45) is 0 Å². The highest BCUT2D eigenvalue weighted by Crippen LogP contribution is 2.12. The van der Waals surface area contributed by atoms with Gasteiger partial charge in [0.2, 0.25) is 0 Å². The lowest BCUT2D eigenvalue weighted by molar-refractivity contribution is 0.176. The molecule has 86 valence electrons. The van der Waals surface area contributed by atoms with Crippen molar-refractivity contribution in [2.45, 2.75) is 6.42 Å². The number of oxazole rings is 1. The second-order valence-electron chi connectivity index (χ2n) is 3.53. The standard InChI is InChI=1S/C11H14N2O3/c1-15-7-12-5-4-8-2-3-10-9(6-8)13-11(14)16-10/h2-3,6,12H,4-5,7H2,1H3,(H,13,14). The summed E-state index contributed by atoms with van der Waals surface area (Å²) in [6, 6.07) is 5.68. The molecule has 0 aliphatic carbocycles. The average molecular weight is 222 g/mol. The average Bonchev–Trinajstić information content (AvgIpc) is 2.64. The lowest BCUT2D eigenvalue weighted by Crippen LogP contribution is -2.19. The number of nitrogens with one attached hydrogen (secondary N) is 2. The van der Waals surface area contributed by atoms with Gasteiger partial charge in [-0.15, -0.1) is 0 Å². The van der Waals surface area contributed by atoms with Crippen molar-refractivity contribution in [3.63, 3.8) is 0 Å². The Morgan fingerprint density at radius 1 is 1.50 bits per heavy atom. The van der Waals surface area contributed by atoms with Gasteiger partial charge in [-0.2, -0.15) is 0 Å². The van der Waals surface area contributed by atoms with Crippen LogP contribution >= 0.6 is 0 Å². The second-order valence-corrected chi connectivity index (χ2v) is 3.53. The Morgan fingerprint density at radius 3 is 3.19 bits per heavy atom. The van der Waals surface area contributed by atoms with Crippen molar-refractivity contribution in [1.82, 2.24) is 10.3 Å². The minimum atomic E-state index is -0.412. The van der Waals surface area contributed by atoms with Crippen LogP contribution in [-0.4, -0.2) is 25.4 Å². The van der Waals surface area contributed by atoms with E-state index in [2.05, 4.69) is 10.3 Å². The molecule has 2 N–H and O–H groups in total. The summed E-state index contributed by atoms with van der Waals surface area (Å²) in [6.07, 6.45) is 0.881. The zero-order valence-electron chi connectivity index (χ0n) is 9.08. The van der Waals surface area contributed by atoms with Crippen LogP contribution in [0.4, 0.5) is 0 Å². The fourth-order valence-electron chi connectivity index (χ4n) is 1.56. The number of aromatic nitrogens is 1. The molecule has 1 aromatic heterocycles. The van der Waals surface area contributed by atoms with Gasteiger partial charge in [0.25, 0.3) is 0 Å². The van der Waals surface area contributed by atoms with Gasteiger partial charge in [0.1, 0.15) is 0 Å². The highest BCUT2D eigenvalue weighted by molar-refractivity contribution is 5.72. The van der Waals surface area contributed by atoms with Gasteiger partial charge in [0.15, 0.2) is 5.58 Å². The largest absolute Gasteiger partial charge is 0.417 e. The van der Waals surface area contributed by atoms with Gasteiger partial charge in [-0.05, 0) is 24.1 Å². The number of benzene rings is 1. The van der Waals surface area contributed by atoms with E-state index in [-0.39, 0.29) is 0 Å². The zero-order valence-corrected chi connectivity index (χ0v) is 9.08.